The number of hydrogen-bond acceptors (Lipinski definition) is 4. The topological polar surface area (TPSA) is 69.4 Å². The van der Waals surface area contributed by atoms with Crippen molar-refractivity contribution in [1.29, 1.82) is 0 Å². The zero-order valence-corrected chi connectivity index (χ0v) is 10.9. The van der Waals surface area contributed by atoms with Gasteiger partial charge >= 0.3 is 10.1 Å². The molecule has 0 aliphatic carbocycles. The summed E-state index contributed by atoms with van der Waals surface area (Å²) >= 11 is 0. The van der Waals surface area contributed by atoms with Gasteiger partial charge in [-0.25, -0.2) is 0 Å². The lowest BCUT2D eigenvalue weighted by atomic mass is 10.2. The first-order valence-corrected chi connectivity index (χ1v) is 6.95. The van der Waals surface area contributed by atoms with Crippen LogP contribution in [0.15, 0.2) is 60.0 Å². The molecular weight excluding hydrogens is 262 g/mol. The average molecular weight is 275 g/mol. The Kier molecular flexibility index (Phi) is 3.57. The average Bonchev–Trinajstić information content (AvgIpc) is 2.39. The molecule has 0 radical (unpaired) electrons. The SMILES string of the molecule is C=Cc1ccccc1OS(=O)(=O)c1ccc(N)cc1. The van der Waals surface area contributed by atoms with Gasteiger partial charge in [-0.05, 0) is 30.3 Å². The van der Waals surface area contributed by atoms with E-state index in [2.05, 4.69) is 6.58 Å². The monoisotopic (exact) mass is 275 g/mol. The molecule has 2 rings (SSSR count). The van der Waals surface area contributed by atoms with Gasteiger partial charge in [0.25, 0.3) is 0 Å². The molecule has 0 saturated carbocycles. The van der Waals surface area contributed by atoms with Crippen LogP contribution in [0.1, 0.15) is 5.56 Å². The standard InChI is InChI=1S/C14H13NO3S/c1-2-11-5-3-4-6-14(11)18-19(16,17)13-9-7-12(15)8-10-13/h2-10H,1,15H2. The van der Waals surface area contributed by atoms with E-state index in [1.165, 1.54) is 30.3 Å². The van der Waals surface area contributed by atoms with Gasteiger partial charge in [0.15, 0.2) is 0 Å². The first-order chi connectivity index (χ1) is 9.03. The van der Waals surface area contributed by atoms with Crippen molar-refractivity contribution >= 4 is 21.9 Å². The molecule has 0 amide bonds. The summed E-state index contributed by atoms with van der Waals surface area (Å²) in [6.45, 7) is 3.61. The van der Waals surface area contributed by atoms with E-state index in [1.807, 2.05) is 0 Å². The van der Waals surface area contributed by atoms with Crippen molar-refractivity contribution in [2.45, 2.75) is 4.90 Å². The molecule has 0 spiro atoms. The maximum Gasteiger partial charge on any atom is 0.339 e. The van der Waals surface area contributed by atoms with E-state index in [9.17, 15) is 8.42 Å². The summed E-state index contributed by atoms with van der Waals surface area (Å²) in [7, 11) is -3.87. The molecule has 4 nitrogen and oxygen atoms in total. The Hall–Kier alpha value is -2.27. The van der Waals surface area contributed by atoms with E-state index < -0.39 is 10.1 Å². The lowest BCUT2D eigenvalue weighted by Crippen LogP contribution is -2.10. The maximum atomic E-state index is 12.1. The molecule has 0 saturated heterocycles. The Balaban J connectivity index is 2.36. The summed E-state index contributed by atoms with van der Waals surface area (Å²) in [6, 6.07) is 12.6. The van der Waals surface area contributed by atoms with Crippen molar-refractivity contribution in [3.05, 3.63) is 60.7 Å². The molecule has 0 unspecified atom stereocenters. The third-order valence-corrected chi connectivity index (χ3v) is 3.76. The second kappa shape index (κ2) is 5.16. The summed E-state index contributed by atoms with van der Waals surface area (Å²) in [6.07, 6.45) is 1.54. The summed E-state index contributed by atoms with van der Waals surface area (Å²) in [5, 5.41) is 0. The van der Waals surface area contributed by atoms with Crippen molar-refractivity contribution in [2.75, 3.05) is 5.73 Å². The van der Waals surface area contributed by atoms with Crippen molar-refractivity contribution in [3.63, 3.8) is 0 Å². The highest BCUT2D eigenvalue weighted by atomic mass is 32.2. The van der Waals surface area contributed by atoms with Crippen LogP contribution in [0.4, 0.5) is 5.69 Å². The van der Waals surface area contributed by atoms with Gasteiger partial charge in [-0.15, -0.1) is 0 Å². The molecule has 0 fully saturated rings. The highest BCUT2D eigenvalue weighted by molar-refractivity contribution is 7.87. The van der Waals surface area contributed by atoms with Crippen molar-refractivity contribution in [3.8, 4) is 5.75 Å². The number of rotatable bonds is 4. The molecule has 19 heavy (non-hydrogen) atoms. The Labute approximate surface area is 112 Å². The van der Waals surface area contributed by atoms with E-state index in [0.717, 1.165) is 0 Å². The highest BCUT2D eigenvalue weighted by Crippen LogP contribution is 2.24. The maximum absolute atomic E-state index is 12.1. The Morgan fingerprint density at radius 3 is 2.32 bits per heavy atom. The van der Waals surface area contributed by atoms with E-state index in [1.54, 1.807) is 24.3 Å². The summed E-state index contributed by atoms with van der Waals surface area (Å²) in [5.74, 6) is 0.245. The van der Waals surface area contributed by atoms with Gasteiger partial charge in [-0.3, -0.25) is 0 Å². The lowest BCUT2D eigenvalue weighted by Gasteiger charge is -2.09. The molecule has 2 aromatic rings. The third kappa shape index (κ3) is 2.95. The molecule has 98 valence electrons. The first kappa shape index (κ1) is 13.2. The number of nitrogens with two attached hydrogens (primary N) is 1. The normalized spacial score (nSPS) is 10.9. The molecular formula is C14H13NO3S. The van der Waals surface area contributed by atoms with Crippen LogP contribution >= 0.6 is 0 Å². The van der Waals surface area contributed by atoms with E-state index in [-0.39, 0.29) is 10.6 Å². The molecule has 0 aliphatic heterocycles. The molecule has 5 heteroatoms. The van der Waals surface area contributed by atoms with Crippen molar-refractivity contribution in [1.82, 2.24) is 0 Å². The minimum Gasteiger partial charge on any atom is -0.399 e. The fraction of sp³-hybridized carbons (Fsp3) is 0. The van der Waals surface area contributed by atoms with E-state index in [0.29, 0.717) is 11.3 Å². The Morgan fingerprint density at radius 1 is 1.05 bits per heavy atom. The second-order valence-electron chi connectivity index (χ2n) is 3.85. The fourth-order valence-corrected chi connectivity index (χ4v) is 2.48. The summed E-state index contributed by atoms with van der Waals surface area (Å²) in [5.41, 5.74) is 6.62. The van der Waals surface area contributed by atoms with E-state index in [4.69, 9.17) is 9.92 Å². The summed E-state index contributed by atoms with van der Waals surface area (Å²) in [4.78, 5) is 0.0561. The lowest BCUT2D eigenvalue weighted by molar-refractivity contribution is 0.485. The van der Waals surface area contributed by atoms with Crippen LogP contribution < -0.4 is 9.92 Å². The molecule has 0 atom stereocenters. The quantitative estimate of drug-likeness (QED) is 0.688. The van der Waals surface area contributed by atoms with Gasteiger partial charge in [0.1, 0.15) is 10.6 Å². The first-order valence-electron chi connectivity index (χ1n) is 5.54. The van der Waals surface area contributed by atoms with Crippen molar-refractivity contribution < 1.29 is 12.6 Å². The van der Waals surface area contributed by atoms with Crippen LogP contribution in [0, 0.1) is 0 Å². The Bertz CT molecular complexity index is 691. The fourth-order valence-electron chi connectivity index (χ4n) is 1.53. The van der Waals surface area contributed by atoms with Crippen LogP contribution in [0.25, 0.3) is 6.08 Å². The molecule has 0 aromatic heterocycles. The summed E-state index contributed by atoms with van der Waals surface area (Å²) < 4.78 is 29.3. The smallest absolute Gasteiger partial charge is 0.339 e. The second-order valence-corrected chi connectivity index (χ2v) is 5.39. The predicted molar refractivity (Wildman–Crippen MR) is 75.2 cm³/mol. The minimum atomic E-state index is -3.87. The van der Waals surface area contributed by atoms with Gasteiger partial charge in [-0.1, -0.05) is 30.9 Å². The van der Waals surface area contributed by atoms with Gasteiger partial charge < -0.3 is 9.92 Å². The zero-order valence-electron chi connectivity index (χ0n) is 10.1. The molecule has 0 bridgehead atoms. The van der Waals surface area contributed by atoms with Crippen LogP contribution in [0.5, 0.6) is 5.75 Å². The number of anilines is 1. The van der Waals surface area contributed by atoms with Crippen molar-refractivity contribution in [2.24, 2.45) is 0 Å². The number of hydrogen-bond donors (Lipinski definition) is 1. The number of para-hydroxylation sites is 1. The van der Waals surface area contributed by atoms with Gasteiger partial charge in [0.05, 0.1) is 0 Å². The molecule has 2 N–H and O–H groups in total. The highest BCUT2D eigenvalue weighted by Gasteiger charge is 2.17. The van der Waals surface area contributed by atoms with Gasteiger partial charge in [-0.2, -0.15) is 8.42 Å². The predicted octanol–water partition coefficient (Wildman–Crippen LogP) is 2.68. The largest absolute Gasteiger partial charge is 0.399 e. The molecule has 2 aromatic carbocycles. The molecule has 0 heterocycles. The number of nitrogen functional groups attached to an aromatic ring is 1. The van der Waals surface area contributed by atoms with Crippen LogP contribution in [0.3, 0.4) is 0 Å². The van der Waals surface area contributed by atoms with Crippen LogP contribution in [0.2, 0.25) is 0 Å². The zero-order chi connectivity index (χ0) is 13.9. The minimum absolute atomic E-state index is 0.0561. The third-order valence-electron chi connectivity index (χ3n) is 2.51. The molecule has 0 aliphatic rings. The number of benzene rings is 2. The van der Waals surface area contributed by atoms with Crippen LogP contribution in [-0.4, -0.2) is 8.42 Å². The Morgan fingerprint density at radius 2 is 1.68 bits per heavy atom. The van der Waals surface area contributed by atoms with Gasteiger partial charge in [0, 0.05) is 11.3 Å². The van der Waals surface area contributed by atoms with E-state index >= 15 is 0 Å². The van der Waals surface area contributed by atoms with Gasteiger partial charge in [0.2, 0.25) is 0 Å². The van der Waals surface area contributed by atoms with Crippen LogP contribution in [-0.2, 0) is 10.1 Å².